The highest BCUT2D eigenvalue weighted by molar-refractivity contribution is 6.54. The number of nitrogens with zero attached hydrogens (tertiary/aromatic N) is 2. The Morgan fingerprint density at radius 2 is 1.25 bits per heavy atom. The molecule has 0 amide bonds. The molecule has 0 aliphatic carbocycles. The molecule has 0 radical (unpaired) electrons. The Labute approximate surface area is 152 Å². The molecule has 0 heterocycles. The van der Waals surface area contributed by atoms with E-state index >= 15 is 0 Å². The van der Waals surface area contributed by atoms with E-state index in [4.69, 9.17) is 0 Å². The minimum absolute atomic E-state index is 0.380. The molecule has 0 saturated heterocycles. The van der Waals surface area contributed by atoms with Gasteiger partial charge in [-0.1, -0.05) is 69.8 Å². The maximum Gasteiger partial charge on any atom is 0.0922 e. The van der Waals surface area contributed by atoms with Crippen LogP contribution in [0.2, 0.25) is 0 Å². The minimum atomic E-state index is -0.380. The Bertz CT molecular complexity index is 416. The molecule has 0 atom stereocenters. The molecule has 0 N–H and O–H groups in total. The van der Waals surface area contributed by atoms with Gasteiger partial charge in [-0.3, -0.25) is 9.80 Å². The SMILES string of the molecule is C=Cc1ccc([SiH2]C(N(CCC)CCC)N(CCC)CCC)cc1. The summed E-state index contributed by atoms with van der Waals surface area (Å²) >= 11 is 0. The van der Waals surface area contributed by atoms with Gasteiger partial charge in [0.15, 0.2) is 0 Å². The zero-order valence-electron chi connectivity index (χ0n) is 16.4. The van der Waals surface area contributed by atoms with Gasteiger partial charge in [-0.25, -0.2) is 0 Å². The molecule has 136 valence electrons. The summed E-state index contributed by atoms with van der Waals surface area (Å²) in [6.07, 6.45) is 6.90. The molecule has 0 saturated carbocycles. The average molecular weight is 347 g/mol. The predicted octanol–water partition coefficient (Wildman–Crippen LogP) is 3.65. The molecular weight excluding hydrogens is 308 g/mol. The van der Waals surface area contributed by atoms with Gasteiger partial charge in [0.1, 0.15) is 0 Å². The summed E-state index contributed by atoms with van der Waals surface area (Å²) in [6.45, 7) is 18.0. The van der Waals surface area contributed by atoms with Crippen LogP contribution in [0.4, 0.5) is 0 Å². The third-order valence-electron chi connectivity index (χ3n) is 4.52. The minimum Gasteiger partial charge on any atom is -0.291 e. The van der Waals surface area contributed by atoms with Crippen molar-refractivity contribution in [2.45, 2.75) is 59.2 Å². The topological polar surface area (TPSA) is 6.48 Å². The summed E-state index contributed by atoms with van der Waals surface area (Å²) in [5.74, 6) is 0.652. The first kappa shape index (κ1) is 21.1. The predicted molar refractivity (Wildman–Crippen MR) is 113 cm³/mol. The fraction of sp³-hybridized carbons (Fsp3) is 0.619. The lowest BCUT2D eigenvalue weighted by atomic mass is 10.2. The Hall–Kier alpha value is -0.903. The second kappa shape index (κ2) is 12.5. The lowest BCUT2D eigenvalue weighted by Gasteiger charge is -2.40. The Balaban J connectivity index is 3.00. The van der Waals surface area contributed by atoms with Crippen LogP contribution in [-0.2, 0) is 0 Å². The zero-order chi connectivity index (χ0) is 17.8. The Kier molecular flexibility index (Phi) is 11.0. The lowest BCUT2D eigenvalue weighted by Crippen LogP contribution is -2.55. The van der Waals surface area contributed by atoms with Crippen LogP contribution in [0.25, 0.3) is 6.08 Å². The summed E-state index contributed by atoms with van der Waals surface area (Å²) in [7, 11) is -0.380. The fourth-order valence-electron chi connectivity index (χ4n) is 3.46. The molecular formula is C21H38N2Si. The number of hydrogen-bond donors (Lipinski definition) is 0. The summed E-state index contributed by atoms with van der Waals surface area (Å²) in [4.78, 5) is 5.53. The van der Waals surface area contributed by atoms with Crippen LogP contribution in [0.1, 0.15) is 58.9 Å². The molecule has 0 fully saturated rings. The number of hydrogen-bond acceptors (Lipinski definition) is 2. The second-order valence-corrected chi connectivity index (χ2v) is 8.66. The van der Waals surface area contributed by atoms with Crippen molar-refractivity contribution in [2.24, 2.45) is 0 Å². The molecule has 3 heteroatoms. The van der Waals surface area contributed by atoms with Crippen molar-refractivity contribution >= 4 is 20.8 Å². The summed E-state index contributed by atoms with van der Waals surface area (Å²) in [5, 5.41) is 1.57. The van der Waals surface area contributed by atoms with Crippen molar-refractivity contribution < 1.29 is 0 Å². The molecule has 2 nitrogen and oxygen atoms in total. The first-order valence-corrected chi connectivity index (χ1v) is 11.4. The van der Waals surface area contributed by atoms with Crippen molar-refractivity contribution in [2.75, 3.05) is 26.2 Å². The first-order chi connectivity index (χ1) is 11.7. The highest BCUT2D eigenvalue weighted by Crippen LogP contribution is 2.10. The van der Waals surface area contributed by atoms with Gasteiger partial charge in [-0.15, -0.1) is 0 Å². The van der Waals surface area contributed by atoms with Crippen LogP contribution >= 0.6 is 0 Å². The van der Waals surface area contributed by atoms with Crippen molar-refractivity contribution in [1.82, 2.24) is 9.80 Å². The van der Waals surface area contributed by atoms with Gasteiger partial charge in [-0.2, -0.15) is 0 Å². The van der Waals surface area contributed by atoms with Gasteiger partial charge in [-0.05, 0) is 57.4 Å². The van der Waals surface area contributed by atoms with Gasteiger partial charge in [0.2, 0.25) is 0 Å². The number of benzene rings is 1. The fourth-order valence-corrected chi connectivity index (χ4v) is 5.63. The van der Waals surface area contributed by atoms with E-state index in [0.29, 0.717) is 5.79 Å². The monoisotopic (exact) mass is 346 g/mol. The molecule has 1 rings (SSSR count). The number of rotatable bonds is 13. The third-order valence-corrected chi connectivity index (χ3v) is 6.86. The second-order valence-electron chi connectivity index (χ2n) is 6.70. The van der Waals surface area contributed by atoms with Gasteiger partial charge in [0, 0.05) is 0 Å². The highest BCUT2D eigenvalue weighted by Gasteiger charge is 2.24. The van der Waals surface area contributed by atoms with Gasteiger partial charge in [0.25, 0.3) is 0 Å². The highest BCUT2D eigenvalue weighted by atomic mass is 28.2. The Morgan fingerprint density at radius 1 is 0.833 bits per heavy atom. The lowest BCUT2D eigenvalue weighted by molar-refractivity contribution is 0.0962. The van der Waals surface area contributed by atoms with Crippen molar-refractivity contribution in [1.29, 1.82) is 0 Å². The van der Waals surface area contributed by atoms with Crippen LogP contribution in [0.15, 0.2) is 30.8 Å². The van der Waals surface area contributed by atoms with E-state index in [9.17, 15) is 0 Å². The summed E-state index contributed by atoms with van der Waals surface area (Å²) < 4.78 is 0. The molecule has 0 aliphatic rings. The standard InChI is InChI=1S/C21H38N2Si/c1-6-15-22(16-7-2)21(23(17-8-3)18-9-4)24-20-13-11-19(10-5)12-14-20/h10-14,21H,5-9,15-18,24H2,1-4H3. The molecule has 0 bridgehead atoms. The van der Waals surface area contributed by atoms with Crippen LogP contribution in [0.5, 0.6) is 0 Å². The maximum absolute atomic E-state index is 3.87. The average Bonchev–Trinajstić information content (AvgIpc) is 2.60. The van der Waals surface area contributed by atoms with Gasteiger partial charge >= 0.3 is 0 Å². The molecule has 1 aromatic carbocycles. The summed E-state index contributed by atoms with van der Waals surface area (Å²) in [6, 6.07) is 9.12. The molecule has 0 unspecified atom stereocenters. The molecule has 0 aromatic heterocycles. The van der Waals surface area contributed by atoms with Crippen LogP contribution in [0.3, 0.4) is 0 Å². The Morgan fingerprint density at radius 3 is 1.58 bits per heavy atom. The molecule has 0 spiro atoms. The van der Waals surface area contributed by atoms with E-state index in [0.717, 1.165) is 0 Å². The van der Waals surface area contributed by atoms with E-state index in [-0.39, 0.29) is 9.52 Å². The van der Waals surface area contributed by atoms with E-state index in [1.54, 1.807) is 5.19 Å². The molecule has 24 heavy (non-hydrogen) atoms. The quantitative estimate of drug-likeness (QED) is 0.397. The van der Waals surface area contributed by atoms with Gasteiger partial charge < -0.3 is 0 Å². The van der Waals surface area contributed by atoms with E-state index in [1.165, 1.54) is 57.4 Å². The smallest absolute Gasteiger partial charge is 0.0922 e. The third kappa shape index (κ3) is 6.92. The maximum atomic E-state index is 3.87. The van der Waals surface area contributed by atoms with E-state index in [1.807, 2.05) is 6.08 Å². The van der Waals surface area contributed by atoms with Crippen LogP contribution in [0, 0.1) is 0 Å². The van der Waals surface area contributed by atoms with Crippen molar-refractivity contribution in [3.05, 3.63) is 36.4 Å². The zero-order valence-corrected chi connectivity index (χ0v) is 17.8. The van der Waals surface area contributed by atoms with E-state index < -0.39 is 0 Å². The van der Waals surface area contributed by atoms with Gasteiger partial charge in [0.05, 0.1) is 15.3 Å². The normalized spacial score (nSPS) is 12.1. The summed E-state index contributed by atoms with van der Waals surface area (Å²) in [5.41, 5.74) is 1.22. The first-order valence-electron chi connectivity index (χ1n) is 9.89. The van der Waals surface area contributed by atoms with Crippen molar-refractivity contribution in [3.63, 3.8) is 0 Å². The van der Waals surface area contributed by atoms with Crippen LogP contribution < -0.4 is 5.19 Å². The molecule has 1 aromatic rings. The van der Waals surface area contributed by atoms with E-state index in [2.05, 4.69) is 68.3 Å². The molecule has 0 aliphatic heterocycles. The largest absolute Gasteiger partial charge is 0.291 e. The van der Waals surface area contributed by atoms with Crippen molar-refractivity contribution in [3.8, 4) is 0 Å². The van der Waals surface area contributed by atoms with Crippen LogP contribution in [-0.4, -0.2) is 51.3 Å².